The van der Waals surface area contributed by atoms with Gasteiger partial charge in [0.05, 0.1) is 0 Å². The first kappa shape index (κ1) is 10.8. The van der Waals surface area contributed by atoms with Gasteiger partial charge in [0.15, 0.2) is 0 Å². The summed E-state index contributed by atoms with van der Waals surface area (Å²) >= 11 is 0. The maximum absolute atomic E-state index is 5.36. The minimum Gasteiger partial charge on any atom is -0.366 e. The van der Waals surface area contributed by atoms with Gasteiger partial charge in [0.2, 0.25) is 0 Å². The number of fused-ring (bicyclic) bond motifs is 1. The van der Waals surface area contributed by atoms with Crippen molar-refractivity contribution in [3.8, 4) is 0 Å². The quantitative estimate of drug-likeness (QED) is 0.537. The van der Waals surface area contributed by atoms with Crippen LogP contribution in [-0.4, -0.2) is 35.1 Å². The molecule has 0 aliphatic carbocycles. The Morgan fingerprint density at radius 1 is 1.24 bits per heavy atom. The SMILES string of the molecule is NNc1cccc(NC2CCN3CCCC23)n1. The van der Waals surface area contributed by atoms with Crippen LogP contribution in [0.4, 0.5) is 11.6 Å². The zero-order valence-electron chi connectivity index (χ0n) is 9.89. The Balaban J connectivity index is 1.70. The number of nitrogens with one attached hydrogen (secondary N) is 2. The van der Waals surface area contributed by atoms with E-state index in [2.05, 4.69) is 20.6 Å². The van der Waals surface area contributed by atoms with Crippen LogP contribution in [0.25, 0.3) is 0 Å². The Hall–Kier alpha value is -1.33. The molecule has 2 saturated heterocycles. The number of nitrogen functional groups attached to an aromatic ring is 1. The van der Waals surface area contributed by atoms with Gasteiger partial charge in [0.25, 0.3) is 0 Å². The second-order valence-corrected chi connectivity index (χ2v) is 4.84. The Labute approximate surface area is 101 Å². The number of hydrazine groups is 1. The van der Waals surface area contributed by atoms with Gasteiger partial charge in [-0.1, -0.05) is 6.07 Å². The maximum Gasteiger partial charge on any atom is 0.142 e. The molecule has 0 amide bonds. The van der Waals surface area contributed by atoms with Crippen molar-refractivity contribution in [3.63, 3.8) is 0 Å². The highest BCUT2D eigenvalue weighted by Gasteiger charge is 2.37. The van der Waals surface area contributed by atoms with Crippen LogP contribution in [0.5, 0.6) is 0 Å². The molecule has 5 nitrogen and oxygen atoms in total. The monoisotopic (exact) mass is 233 g/mol. The summed E-state index contributed by atoms with van der Waals surface area (Å²) in [6, 6.07) is 7.07. The third-order valence-electron chi connectivity index (χ3n) is 3.84. The zero-order valence-corrected chi connectivity index (χ0v) is 9.89. The summed E-state index contributed by atoms with van der Waals surface area (Å²) in [5.74, 6) is 6.98. The summed E-state index contributed by atoms with van der Waals surface area (Å²) in [5.41, 5.74) is 2.58. The van der Waals surface area contributed by atoms with E-state index in [1.54, 1.807) is 0 Å². The van der Waals surface area contributed by atoms with Crippen LogP contribution in [0.15, 0.2) is 18.2 Å². The Kier molecular flexibility index (Phi) is 2.86. The van der Waals surface area contributed by atoms with Gasteiger partial charge in [0.1, 0.15) is 11.6 Å². The maximum atomic E-state index is 5.36. The second kappa shape index (κ2) is 4.50. The van der Waals surface area contributed by atoms with E-state index in [-0.39, 0.29) is 0 Å². The van der Waals surface area contributed by atoms with E-state index in [0.717, 1.165) is 5.82 Å². The molecular formula is C12H19N5. The minimum atomic E-state index is 0.540. The van der Waals surface area contributed by atoms with Gasteiger partial charge in [-0.15, -0.1) is 0 Å². The van der Waals surface area contributed by atoms with Crippen LogP contribution in [-0.2, 0) is 0 Å². The molecule has 3 rings (SSSR count). The predicted octanol–water partition coefficient (Wildman–Crippen LogP) is 1.02. The van der Waals surface area contributed by atoms with Crippen molar-refractivity contribution >= 4 is 11.6 Å². The number of hydrogen-bond acceptors (Lipinski definition) is 5. The molecule has 0 saturated carbocycles. The topological polar surface area (TPSA) is 66.2 Å². The van der Waals surface area contributed by atoms with Crippen LogP contribution in [0.1, 0.15) is 19.3 Å². The van der Waals surface area contributed by atoms with E-state index in [1.165, 1.54) is 32.4 Å². The molecule has 5 heteroatoms. The lowest BCUT2D eigenvalue weighted by Gasteiger charge is -2.21. The summed E-state index contributed by atoms with van der Waals surface area (Å²) in [6.07, 6.45) is 3.86. The highest BCUT2D eigenvalue weighted by molar-refractivity contribution is 5.45. The number of aromatic nitrogens is 1. The third kappa shape index (κ3) is 2.08. The van der Waals surface area contributed by atoms with Crippen LogP contribution in [0.2, 0.25) is 0 Å². The van der Waals surface area contributed by atoms with Crippen molar-refractivity contribution in [1.82, 2.24) is 9.88 Å². The summed E-state index contributed by atoms with van der Waals surface area (Å²) in [4.78, 5) is 6.99. The van der Waals surface area contributed by atoms with Gasteiger partial charge in [0, 0.05) is 18.6 Å². The van der Waals surface area contributed by atoms with Crippen molar-refractivity contribution in [2.45, 2.75) is 31.3 Å². The molecule has 3 heterocycles. The molecule has 92 valence electrons. The smallest absolute Gasteiger partial charge is 0.142 e. The van der Waals surface area contributed by atoms with Crippen LogP contribution in [0.3, 0.4) is 0 Å². The first-order chi connectivity index (χ1) is 8.36. The van der Waals surface area contributed by atoms with Crippen molar-refractivity contribution in [2.75, 3.05) is 23.8 Å². The first-order valence-electron chi connectivity index (χ1n) is 6.31. The van der Waals surface area contributed by atoms with Crippen LogP contribution in [0, 0.1) is 0 Å². The molecule has 0 radical (unpaired) electrons. The first-order valence-corrected chi connectivity index (χ1v) is 6.31. The van der Waals surface area contributed by atoms with Crippen molar-refractivity contribution in [2.24, 2.45) is 5.84 Å². The van der Waals surface area contributed by atoms with E-state index in [1.807, 2.05) is 18.2 Å². The fourth-order valence-corrected chi connectivity index (χ4v) is 3.04. The molecule has 2 aliphatic rings. The normalized spacial score (nSPS) is 28.1. The number of pyridine rings is 1. The number of hydrogen-bond donors (Lipinski definition) is 3. The standard InChI is InChI=1S/C12H19N5/c13-16-12-5-1-4-11(15-12)14-9-6-8-17-7-2-3-10(9)17/h1,4-5,9-10H,2-3,6-8,13H2,(H2,14,15,16). The summed E-state index contributed by atoms with van der Waals surface area (Å²) < 4.78 is 0. The summed E-state index contributed by atoms with van der Waals surface area (Å²) in [7, 11) is 0. The molecule has 4 N–H and O–H groups in total. The van der Waals surface area contributed by atoms with E-state index in [0.29, 0.717) is 17.9 Å². The van der Waals surface area contributed by atoms with Gasteiger partial charge in [-0.05, 0) is 37.9 Å². The largest absolute Gasteiger partial charge is 0.366 e. The average Bonchev–Trinajstić information content (AvgIpc) is 2.94. The minimum absolute atomic E-state index is 0.540. The fraction of sp³-hybridized carbons (Fsp3) is 0.583. The Bertz CT molecular complexity index is 394. The number of nitrogens with zero attached hydrogens (tertiary/aromatic N) is 2. The van der Waals surface area contributed by atoms with Gasteiger partial charge in [-0.25, -0.2) is 10.8 Å². The lowest BCUT2D eigenvalue weighted by atomic mass is 10.1. The van der Waals surface area contributed by atoms with Gasteiger partial charge in [-0.3, -0.25) is 4.90 Å². The highest BCUT2D eigenvalue weighted by Crippen LogP contribution is 2.29. The third-order valence-corrected chi connectivity index (χ3v) is 3.84. The molecule has 17 heavy (non-hydrogen) atoms. The molecule has 2 unspecified atom stereocenters. The van der Waals surface area contributed by atoms with E-state index >= 15 is 0 Å². The van der Waals surface area contributed by atoms with E-state index in [9.17, 15) is 0 Å². The zero-order chi connectivity index (χ0) is 11.7. The number of nitrogens with two attached hydrogens (primary N) is 1. The summed E-state index contributed by atoms with van der Waals surface area (Å²) in [5, 5.41) is 3.54. The highest BCUT2D eigenvalue weighted by atomic mass is 15.3. The van der Waals surface area contributed by atoms with Gasteiger partial charge >= 0.3 is 0 Å². The number of rotatable bonds is 3. The van der Waals surface area contributed by atoms with Crippen molar-refractivity contribution in [1.29, 1.82) is 0 Å². The molecule has 0 bridgehead atoms. The molecule has 2 fully saturated rings. The Morgan fingerprint density at radius 3 is 3.00 bits per heavy atom. The second-order valence-electron chi connectivity index (χ2n) is 4.84. The van der Waals surface area contributed by atoms with E-state index < -0.39 is 0 Å². The molecule has 0 spiro atoms. The lowest BCUT2D eigenvalue weighted by Crippen LogP contribution is -2.34. The lowest BCUT2D eigenvalue weighted by molar-refractivity contribution is 0.318. The summed E-state index contributed by atoms with van der Waals surface area (Å²) in [6.45, 7) is 2.48. The van der Waals surface area contributed by atoms with Gasteiger partial charge in [-0.2, -0.15) is 0 Å². The van der Waals surface area contributed by atoms with E-state index in [4.69, 9.17) is 5.84 Å². The van der Waals surface area contributed by atoms with Gasteiger partial charge < -0.3 is 10.7 Å². The average molecular weight is 233 g/mol. The Morgan fingerprint density at radius 2 is 2.12 bits per heavy atom. The van der Waals surface area contributed by atoms with Crippen LogP contribution < -0.4 is 16.6 Å². The van der Waals surface area contributed by atoms with Crippen molar-refractivity contribution < 1.29 is 0 Å². The molecule has 0 aromatic carbocycles. The van der Waals surface area contributed by atoms with Crippen molar-refractivity contribution in [3.05, 3.63) is 18.2 Å². The molecule has 1 aromatic heterocycles. The molecular weight excluding hydrogens is 214 g/mol. The molecule has 2 atom stereocenters. The van der Waals surface area contributed by atoms with Crippen LogP contribution >= 0.6 is 0 Å². The molecule has 2 aliphatic heterocycles. The number of anilines is 2. The predicted molar refractivity (Wildman–Crippen MR) is 68.7 cm³/mol. The molecule has 1 aromatic rings. The fourth-order valence-electron chi connectivity index (χ4n) is 3.04.